The Bertz CT molecular complexity index is 1490. The van der Waals surface area contributed by atoms with E-state index in [4.69, 9.17) is 11.6 Å². The van der Waals surface area contributed by atoms with Crippen molar-refractivity contribution in [2.24, 2.45) is 0 Å². The summed E-state index contributed by atoms with van der Waals surface area (Å²) in [5, 5.41) is 7.92. The Morgan fingerprint density at radius 2 is 1.82 bits per heavy atom. The molecule has 1 saturated carbocycles. The van der Waals surface area contributed by atoms with Crippen molar-refractivity contribution in [3.63, 3.8) is 0 Å². The van der Waals surface area contributed by atoms with Crippen LogP contribution in [0.3, 0.4) is 0 Å². The van der Waals surface area contributed by atoms with Gasteiger partial charge in [0, 0.05) is 35.4 Å². The first-order chi connectivity index (χ1) is 19.1. The van der Waals surface area contributed by atoms with E-state index >= 15 is 0 Å². The second kappa shape index (κ2) is 11.7. The van der Waals surface area contributed by atoms with Crippen molar-refractivity contribution in [2.75, 3.05) is 12.8 Å². The van der Waals surface area contributed by atoms with Crippen LogP contribution in [0.1, 0.15) is 64.7 Å². The van der Waals surface area contributed by atoms with Crippen molar-refractivity contribution in [3.8, 4) is 0 Å². The molecule has 1 aliphatic heterocycles. The van der Waals surface area contributed by atoms with E-state index in [1.54, 1.807) is 40.0 Å². The lowest BCUT2D eigenvalue weighted by Gasteiger charge is -2.49. The Morgan fingerprint density at radius 1 is 1.10 bits per heavy atom. The van der Waals surface area contributed by atoms with Crippen molar-refractivity contribution < 1.29 is 18.0 Å². The Kier molecular flexibility index (Phi) is 8.30. The number of nitrogens with zero attached hydrogens (tertiary/aromatic N) is 3. The number of amides is 2. The molecule has 9 nitrogen and oxygen atoms in total. The molecule has 1 aromatic heterocycles. The predicted molar refractivity (Wildman–Crippen MR) is 154 cm³/mol. The van der Waals surface area contributed by atoms with E-state index < -0.39 is 34.1 Å². The fraction of sp³-hybridized carbons (Fsp3) is 0.414. The Labute approximate surface area is 239 Å². The van der Waals surface area contributed by atoms with Crippen molar-refractivity contribution >= 4 is 33.4 Å². The molecule has 4 atom stereocenters. The number of nitrogens with one attached hydrogen (secondary N) is 2. The molecular formula is C29H34ClN5O4S. The lowest BCUT2D eigenvalue weighted by atomic mass is 9.76. The Hall–Kier alpha value is -3.21. The van der Waals surface area contributed by atoms with Gasteiger partial charge in [0.25, 0.3) is 5.91 Å². The lowest BCUT2D eigenvalue weighted by molar-refractivity contribution is -0.124. The first kappa shape index (κ1) is 28.3. The number of aryl methyl sites for hydroxylation is 1. The van der Waals surface area contributed by atoms with Crippen molar-refractivity contribution in [1.82, 2.24) is 24.7 Å². The molecule has 11 heteroatoms. The van der Waals surface area contributed by atoms with Crippen LogP contribution in [0.4, 0.5) is 0 Å². The van der Waals surface area contributed by atoms with Crippen LogP contribution in [0.5, 0.6) is 0 Å². The number of halogens is 1. The molecule has 1 aliphatic carbocycles. The number of carbonyl (C=O) groups is 2. The molecule has 212 valence electrons. The fourth-order valence-electron chi connectivity index (χ4n) is 6.06. The normalized spacial score (nSPS) is 23.1. The molecule has 0 bridgehead atoms. The molecule has 2 aromatic carbocycles. The van der Waals surface area contributed by atoms with Crippen LogP contribution in [-0.2, 0) is 21.4 Å². The number of hydrogen-bond donors (Lipinski definition) is 2. The zero-order valence-corrected chi connectivity index (χ0v) is 24.2. The topological polar surface area (TPSA) is 113 Å². The molecule has 2 N–H and O–H groups in total. The molecule has 2 amide bonds. The van der Waals surface area contributed by atoms with Gasteiger partial charge in [0.2, 0.25) is 15.9 Å². The second-order valence-electron chi connectivity index (χ2n) is 10.7. The molecule has 1 fully saturated rings. The second-order valence-corrected chi connectivity index (χ2v) is 12.9. The van der Waals surface area contributed by atoms with Crippen molar-refractivity contribution in [2.45, 2.75) is 63.2 Å². The van der Waals surface area contributed by atoms with Crippen LogP contribution in [0.2, 0.25) is 5.02 Å². The van der Waals surface area contributed by atoms with Crippen LogP contribution in [0, 0.1) is 6.92 Å². The summed E-state index contributed by atoms with van der Waals surface area (Å²) in [4.78, 5) is 30.0. The summed E-state index contributed by atoms with van der Waals surface area (Å²) in [6, 6.07) is 12.9. The van der Waals surface area contributed by atoms with Gasteiger partial charge >= 0.3 is 0 Å². The van der Waals surface area contributed by atoms with Gasteiger partial charge in [-0.1, -0.05) is 54.8 Å². The summed E-state index contributed by atoms with van der Waals surface area (Å²) in [7, 11) is -3.52. The summed E-state index contributed by atoms with van der Waals surface area (Å²) in [6.07, 6.45) is 7.76. The smallest absolute Gasteiger partial charge is 0.255 e. The summed E-state index contributed by atoms with van der Waals surface area (Å²) >= 11 is 6.22. The van der Waals surface area contributed by atoms with E-state index in [0.29, 0.717) is 42.1 Å². The standard InChI is InChI=1S/C29H34ClN5O4S/c1-19-17-32-34(18-19)16-15-31-28(36)26-22-7-3-4-8-23(22)29(37)35(27(26)20-11-13-21(30)14-12-20)25-10-6-5-9-24(25)33-40(2,38)39/h3-4,7-8,11-14,17-18,24-27,33H,5-6,9-10,15-16H2,1-2H3,(H,31,36)/t24-,25-,26+,27-/m0/s1. The van der Waals surface area contributed by atoms with Gasteiger partial charge in [-0.3, -0.25) is 14.3 Å². The average Bonchev–Trinajstić information content (AvgIpc) is 3.33. The molecule has 40 heavy (non-hydrogen) atoms. The minimum Gasteiger partial charge on any atom is -0.354 e. The van der Waals surface area contributed by atoms with Gasteiger partial charge in [-0.25, -0.2) is 13.1 Å². The van der Waals surface area contributed by atoms with Crippen LogP contribution < -0.4 is 10.0 Å². The number of hydrogen-bond acceptors (Lipinski definition) is 5. The van der Waals surface area contributed by atoms with E-state index in [2.05, 4.69) is 15.1 Å². The average molecular weight is 584 g/mol. The zero-order valence-electron chi connectivity index (χ0n) is 22.6. The largest absolute Gasteiger partial charge is 0.354 e. The SMILES string of the molecule is Cc1cnn(CCNC(=O)[C@@H]2c3ccccc3C(=O)N([C@H]3CCCC[C@@H]3NS(C)(=O)=O)[C@H]2c2ccc(Cl)cc2)c1. The van der Waals surface area contributed by atoms with Crippen molar-refractivity contribution in [3.05, 3.63) is 88.2 Å². The number of rotatable bonds is 8. The van der Waals surface area contributed by atoms with Crippen molar-refractivity contribution in [1.29, 1.82) is 0 Å². The number of fused-ring (bicyclic) bond motifs is 1. The molecular weight excluding hydrogens is 550 g/mol. The maximum absolute atomic E-state index is 14.2. The third-order valence-corrected chi connectivity index (χ3v) is 8.71. The maximum atomic E-state index is 14.2. The first-order valence-electron chi connectivity index (χ1n) is 13.5. The highest BCUT2D eigenvalue weighted by molar-refractivity contribution is 7.88. The highest BCUT2D eigenvalue weighted by atomic mass is 35.5. The molecule has 0 radical (unpaired) electrons. The van der Waals surface area contributed by atoms with Crippen LogP contribution in [0.25, 0.3) is 0 Å². The zero-order chi connectivity index (χ0) is 28.4. The van der Waals surface area contributed by atoms with Crippen LogP contribution in [0.15, 0.2) is 60.9 Å². The van der Waals surface area contributed by atoms with E-state index in [9.17, 15) is 18.0 Å². The number of benzene rings is 2. The number of sulfonamides is 1. The fourth-order valence-corrected chi connectivity index (χ4v) is 7.01. The summed E-state index contributed by atoms with van der Waals surface area (Å²) in [5.41, 5.74) is 2.91. The van der Waals surface area contributed by atoms with E-state index in [-0.39, 0.29) is 11.8 Å². The van der Waals surface area contributed by atoms with Gasteiger partial charge in [-0.05, 0) is 54.7 Å². The first-order valence-corrected chi connectivity index (χ1v) is 15.8. The molecule has 5 rings (SSSR count). The summed E-state index contributed by atoms with van der Waals surface area (Å²) < 4.78 is 29.2. The van der Waals surface area contributed by atoms with E-state index in [0.717, 1.165) is 30.2 Å². The van der Waals surface area contributed by atoms with E-state index in [1.165, 1.54) is 0 Å². The van der Waals surface area contributed by atoms with E-state index in [1.807, 2.05) is 37.4 Å². The number of carbonyl (C=O) groups excluding carboxylic acids is 2. The van der Waals surface area contributed by atoms with Gasteiger partial charge in [0.1, 0.15) is 0 Å². The van der Waals surface area contributed by atoms with Crippen LogP contribution in [-0.4, -0.2) is 59.8 Å². The van der Waals surface area contributed by atoms with Gasteiger partial charge in [-0.15, -0.1) is 0 Å². The summed E-state index contributed by atoms with van der Waals surface area (Å²) in [5.74, 6) is -1.13. The molecule has 2 heterocycles. The third kappa shape index (κ3) is 6.09. The molecule has 3 aromatic rings. The predicted octanol–water partition coefficient (Wildman–Crippen LogP) is 3.80. The minimum atomic E-state index is -3.52. The highest BCUT2D eigenvalue weighted by Gasteiger charge is 2.48. The quantitative estimate of drug-likeness (QED) is 0.419. The Balaban J connectivity index is 1.57. The molecule has 0 unspecified atom stereocenters. The van der Waals surface area contributed by atoms with Crippen LogP contribution >= 0.6 is 11.6 Å². The Morgan fingerprint density at radius 3 is 2.52 bits per heavy atom. The maximum Gasteiger partial charge on any atom is 0.255 e. The van der Waals surface area contributed by atoms with Gasteiger partial charge in [0.15, 0.2) is 0 Å². The number of aromatic nitrogens is 2. The molecule has 0 saturated heterocycles. The highest BCUT2D eigenvalue weighted by Crippen LogP contribution is 2.46. The summed E-state index contributed by atoms with van der Waals surface area (Å²) in [6.45, 7) is 2.83. The van der Waals surface area contributed by atoms with Gasteiger partial charge in [0.05, 0.1) is 31.0 Å². The third-order valence-electron chi connectivity index (χ3n) is 7.72. The molecule has 0 spiro atoms. The molecule has 2 aliphatic rings. The van der Waals surface area contributed by atoms with Gasteiger partial charge < -0.3 is 10.2 Å². The lowest BCUT2D eigenvalue weighted by Crippen LogP contribution is -2.59. The minimum absolute atomic E-state index is 0.209. The van der Waals surface area contributed by atoms with Gasteiger partial charge in [-0.2, -0.15) is 5.10 Å². The monoisotopic (exact) mass is 583 g/mol.